The first-order valence-electron chi connectivity index (χ1n) is 7.65. The van der Waals surface area contributed by atoms with E-state index in [2.05, 4.69) is 0 Å². The Bertz CT molecular complexity index is 713. The number of nitrogens with two attached hydrogens (primary N) is 1. The molecule has 1 atom stereocenters. The average molecular weight is 350 g/mol. The summed E-state index contributed by atoms with van der Waals surface area (Å²) in [5, 5.41) is 9.56. The molecular formula is C16H22N4O5. The fraction of sp³-hybridized carbons (Fsp3) is 0.438. The van der Waals surface area contributed by atoms with E-state index in [9.17, 15) is 19.5 Å². The van der Waals surface area contributed by atoms with Crippen LogP contribution in [0.4, 0.5) is 10.5 Å². The smallest absolute Gasteiger partial charge is 0.408 e. The molecule has 0 bridgehead atoms. The molecular weight excluding hydrogens is 328 g/mol. The van der Waals surface area contributed by atoms with Crippen molar-refractivity contribution in [3.8, 4) is 5.75 Å². The number of hydrazine groups is 1. The molecule has 1 aromatic carbocycles. The van der Waals surface area contributed by atoms with Gasteiger partial charge < -0.3 is 14.7 Å². The van der Waals surface area contributed by atoms with Crippen LogP contribution in [0, 0.1) is 0 Å². The monoisotopic (exact) mass is 350 g/mol. The number of carboxylic acid groups (broad SMARTS) is 1. The van der Waals surface area contributed by atoms with Crippen molar-refractivity contribution < 1.29 is 24.2 Å². The SMILES string of the molecule is CN1C(=O)C(N(C(=O)O)C(C)(C)C)COc2cc(C(=O)NN)ccc21. The minimum Gasteiger partial charge on any atom is -0.489 e. The van der Waals surface area contributed by atoms with Gasteiger partial charge in [-0.2, -0.15) is 0 Å². The summed E-state index contributed by atoms with van der Waals surface area (Å²) in [6, 6.07) is 3.52. The van der Waals surface area contributed by atoms with Crippen LogP contribution in [0.1, 0.15) is 31.1 Å². The number of nitrogen functional groups attached to an aromatic ring is 1. The maximum atomic E-state index is 12.8. The number of amides is 3. The zero-order chi connectivity index (χ0) is 18.9. The Morgan fingerprint density at radius 1 is 1.40 bits per heavy atom. The Labute approximate surface area is 145 Å². The number of benzene rings is 1. The molecule has 0 radical (unpaired) electrons. The zero-order valence-corrected chi connectivity index (χ0v) is 14.6. The fourth-order valence-corrected chi connectivity index (χ4v) is 2.79. The highest BCUT2D eigenvalue weighted by Gasteiger charge is 2.41. The van der Waals surface area contributed by atoms with E-state index in [0.29, 0.717) is 11.4 Å². The van der Waals surface area contributed by atoms with Gasteiger partial charge in [-0.25, -0.2) is 10.6 Å². The van der Waals surface area contributed by atoms with Crippen molar-refractivity contribution in [2.24, 2.45) is 5.84 Å². The Kier molecular flexibility index (Phi) is 4.89. The predicted octanol–water partition coefficient (Wildman–Crippen LogP) is 0.792. The highest BCUT2D eigenvalue weighted by molar-refractivity contribution is 6.01. The van der Waals surface area contributed by atoms with Crippen LogP contribution in [0.3, 0.4) is 0 Å². The van der Waals surface area contributed by atoms with Crippen molar-refractivity contribution in [2.45, 2.75) is 32.4 Å². The summed E-state index contributed by atoms with van der Waals surface area (Å²) in [6.45, 7) is 4.95. The summed E-state index contributed by atoms with van der Waals surface area (Å²) in [7, 11) is 1.54. The van der Waals surface area contributed by atoms with Gasteiger partial charge in [0.25, 0.3) is 11.8 Å². The van der Waals surface area contributed by atoms with Crippen molar-refractivity contribution in [3.05, 3.63) is 23.8 Å². The van der Waals surface area contributed by atoms with Crippen LogP contribution in [-0.2, 0) is 4.79 Å². The molecule has 0 saturated heterocycles. The van der Waals surface area contributed by atoms with E-state index < -0.39 is 29.5 Å². The summed E-state index contributed by atoms with van der Waals surface area (Å²) in [6.07, 6.45) is -1.21. The molecule has 9 nitrogen and oxygen atoms in total. The van der Waals surface area contributed by atoms with Crippen molar-refractivity contribution in [1.29, 1.82) is 0 Å². The summed E-state index contributed by atoms with van der Waals surface area (Å²) >= 11 is 0. The van der Waals surface area contributed by atoms with Crippen LogP contribution >= 0.6 is 0 Å². The molecule has 0 aliphatic carbocycles. The molecule has 0 fully saturated rings. The van der Waals surface area contributed by atoms with Gasteiger partial charge in [0.2, 0.25) is 0 Å². The minimum atomic E-state index is -1.21. The van der Waals surface area contributed by atoms with Gasteiger partial charge in [-0.3, -0.25) is 19.9 Å². The zero-order valence-electron chi connectivity index (χ0n) is 14.6. The molecule has 1 aliphatic heterocycles. The Balaban J connectivity index is 2.43. The third-order valence-electron chi connectivity index (χ3n) is 3.97. The molecule has 1 aliphatic rings. The number of rotatable bonds is 2. The number of likely N-dealkylation sites (N-methyl/N-ethyl adjacent to an activating group) is 1. The summed E-state index contributed by atoms with van der Waals surface area (Å²) in [5.41, 5.74) is 1.94. The molecule has 2 rings (SSSR count). The largest absolute Gasteiger partial charge is 0.489 e. The third-order valence-corrected chi connectivity index (χ3v) is 3.97. The van der Waals surface area contributed by atoms with Gasteiger partial charge in [0.05, 0.1) is 5.69 Å². The number of carbonyl (C=O) groups is 3. The molecule has 0 aromatic heterocycles. The minimum absolute atomic E-state index is 0.159. The first-order valence-corrected chi connectivity index (χ1v) is 7.65. The van der Waals surface area contributed by atoms with Gasteiger partial charge in [-0.05, 0) is 39.0 Å². The van der Waals surface area contributed by atoms with Crippen LogP contribution in [-0.4, -0.2) is 53.1 Å². The first-order chi connectivity index (χ1) is 11.6. The topological polar surface area (TPSA) is 125 Å². The highest BCUT2D eigenvalue weighted by atomic mass is 16.5. The standard InChI is InChI=1S/C16H22N4O5/c1-16(2,3)20(15(23)24)11-8-25-12-7-9(13(21)18-17)5-6-10(12)19(4)14(11)22/h5-7,11H,8,17H2,1-4H3,(H,18,21)(H,23,24). The molecule has 136 valence electrons. The Hall–Kier alpha value is -2.81. The van der Waals surface area contributed by atoms with Gasteiger partial charge in [-0.15, -0.1) is 0 Å². The van der Waals surface area contributed by atoms with E-state index in [0.717, 1.165) is 4.90 Å². The van der Waals surface area contributed by atoms with Crippen molar-refractivity contribution in [3.63, 3.8) is 0 Å². The molecule has 25 heavy (non-hydrogen) atoms. The van der Waals surface area contributed by atoms with Crippen molar-refractivity contribution >= 4 is 23.6 Å². The van der Waals surface area contributed by atoms with Crippen molar-refractivity contribution in [2.75, 3.05) is 18.6 Å². The Morgan fingerprint density at radius 3 is 2.56 bits per heavy atom. The second kappa shape index (κ2) is 6.60. The number of hydrogen-bond acceptors (Lipinski definition) is 5. The lowest BCUT2D eigenvalue weighted by molar-refractivity contribution is -0.125. The number of nitrogens with zero attached hydrogens (tertiary/aromatic N) is 2. The molecule has 1 heterocycles. The van der Waals surface area contributed by atoms with E-state index in [1.165, 1.54) is 24.1 Å². The van der Waals surface area contributed by atoms with Crippen LogP contribution in [0.5, 0.6) is 5.75 Å². The summed E-state index contributed by atoms with van der Waals surface area (Å²) in [5.74, 6) is 4.52. The van der Waals surface area contributed by atoms with Crippen molar-refractivity contribution in [1.82, 2.24) is 10.3 Å². The number of nitrogens with one attached hydrogen (secondary N) is 1. The van der Waals surface area contributed by atoms with Gasteiger partial charge in [0, 0.05) is 18.2 Å². The van der Waals surface area contributed by atoms with E-state index in [1.807, 2.05) is 5.43 Å². The molecule has 0 saturated carbocycles. The van der Waals surface area contributed by atoms with Crippen LogP contribution < -0.4 is 20.9 Å². The van der Waals surface area contributed by atoms with Gasteiger partial charge in [0.1, 0.15) is 18.4 Å². The lowest BCUT2D eigenvalue weighted by Gasteiger charge is -2.38. The second-order valence-corrected chi connectivity index (χ2v) is 6.70. The molecule has 1 aromatic rings. The van der Waals surface area contributed by atoms with E-state index >= 15 is 0 Å². The number of anilines is 1. The fourth-order valence-electron chi connectivity index (χ4n) is 2.79. The number of hydrogen-bond donors (Lipinski definition) is 3. The summed E-state index contributed by atoms with van der Waals surface area (Å²) < 4.78 is 5.68. The predicted molar refractivity (Wildman–Crippen MR) is 90.4 cm³/mol. The van der Waals surface area contributed by atoms with Crippen LogP contribution in [0.25, 0.3) is 0 Å². The Morgan fingerprint density at radius 2 is 2.04 bits per heavy atom. The highest BCUT2D eigenvalue weighted by Crippen LogP contribution is 2.33. The van der Waals surface area contributed by atoms with Gasteiger partial charge in [-0.1, -0.05) is 0 Å². The molecule has 0 spiro atoms. The van der Waals surface area contributed by atoms with Crippen LogP contribution in [0.15, 0.2) is 18.2 Å². The maximum Gasteiger partial charge on any atom is 0.408 e. The molecule has 9 heteroatoms. The van der Waals surface area contributed by atoms with E-state index in [-0.39, 0.29) is 12.2 Å². The van der Waals surface area contributed by atoms with E-state index in [4.69, 9.17) is 10.6 Å². The molecule has 1 unspecified atom stereocenters. The van der Waals surface area contributed by atoms with Crippen LogP contribution in [0.2, 0.25) is 0 Å². The lowest BCUT2D eigenvalue weighted by Crippen LogP contribution is -2.58. The first kappa shape index (κ1) is 18.5. The van der Waals surface area contributed by atoms with Gasteiger partial charge in [0.15, 0.2) is 0 Å². The third kappa shape index (κ3) is 3.50. The second-order valence-electron chi connectivity index (χ2n) is 6.70. The lowest BCUT2D eigenvalue weighted by atomic mass is 10.0. The molecule has 3 amide bonds. The number of ether oxygens (including phenoxy) is 1. The average Bonchev–Trinajstić information content (AvgIpc) is 2.64. The number of carbonyl (C=O) groups excluding carboxylic acids is 2. The molecule has 4 N–H and O–H groups in total. The van der Waals surface area contributed by atoms with Gasteiger partial charge >= 0.3 is 6.09 Å². The normalized spacial score (nSPS) is 17.2. The number of fused-ring (bicyclic) bond motifs is 1. The quantitative estimate of drug-likeness (QED) is 0.411. The van der Waals surface area contributed by atoms with E-state index in [1.54, 1.807) is 26.8 Å². The summed E-state index contributed by atoms with van der Waals surface area (Å²) in [4.78, 5) is 38.6. The maximum absolute atomic E-state index is 12.8.